The Morgan fingerprint density at radius 3 is 2.60 bits per heavy atom. The monoisotopic (exact) mass is 232 g/mol. The highest BCUT2D eigenvalue weighted by atomic mass is 32.2. The van der Waals surface area contributed by atoms with Crippen molar-refractivity contribution in [2.24, 2.45) is 7.05 Å². The summed E-state index contributed by atoms with van der Waals surface area (Å²) < 4.78 is 26.7. The molecule has 0 aliphatic rings. The van der Waals surface area contributed by atoms with E-state index in [2.05, 4.69) is 4.98 Å². The minimum atomic E-state index is -3.51. The molecule has 1 aromatic rings. The highest BCUT2D eigenvalue weighted by Crippen LogP contribution is 2.19. The van der Waals surface area contributed by atoms with Gasteiger partial charge in [-0.2, -0.15) is 4.31 Å². The first kappa shape index (κ1) is 12.0. The Morgan fingerprint density at radius 2 is 2.20 bits per heavy atom. The third-order valence-corrected chi connectivity index (χ3v) is 4.09. The molecule has 1 aromatic heterocycles. The van der Waals surface area contributed by atoms with Crippen LogP contribution in [-0.4, -0.2) is 35.9 Å². The molecule has 0 aliphatic carbocycles. The maximum atomic E-state index is 12.0. The van der Waals surface area contributed by atoms with Crippen molar-refractivity contribution < 1.29 is 8.42 Å². The van der Waals surface area contributed by atoms with Gasteiger partial charge >= 0.3 is 0 Å². The minimum absolute atomic E-state index is 0.0421. The second kappa shape index (κ2) is 4.19. The number of imidazole rings is 1. The van der Waals surface area contributed by atoms with Crippen molar-refractivity contribution in [1.29, 1.82) is 0 Å². The summed E-state index contributed by atoms with van der Waals surface area (Å²) in [6, 6.07) is 0. The molecule has 86 valence electrons. The van der Waals surface area contributed by atoms with Crippen molar-refractivity contribution >= 4 is 15.8 Å². The molecule has 0 bridgehead atoms. The van der Waals surface area contributed by atoms with Gasteiger partial charge in [0.25, 0.3) is 10.0 Å². The van der Waals surface area contributed by atoms with E-state index in [9.17, 15) is 8.42 Å². The summed E-state index contributed by atoms with van der Waals surface area (Å²) >= 11 is 0. The van der Waals surface area contributed by atoms with E-state index in [4.69, 9.17) is 5.73 Å². The molecule has 0 spiro atoms. The summed E-state index contributed by atoms with van der Waals surface area (Å²) in [5, 5.41) is 0.0541. The second-order valence-corrected chi connectivity index (χ2v) is 5.33. The number of sulfonamides is 1. The fourth-order valence-corrected chi connectivity index (χ4v) is 2.78. The van der Waals surface area contributed by atoms with Gasteiger partial charge in [-0.05, 0) is 6.42 Å². The zero-order valence-corrected chi connectivity index (χ0v) is 9.95. The first-order chi connectivity index (χ1) is 6.91. The Kier molecular flexibility index (Phi) is 3.35. The summed E-state index contributed by atoms with van der Waals surface area (Å²) in [4.78, 5) is 3.76. The molecule has 0 radical (unpaired) electrons. The van der Waals surface area contributed by atoms with E-state index < -0.39 is 10.0 Å². The van der Waals surface area contributed by atoms with Gasteiger partial charge in [0.2, 0.25) is 0 Å². The predicted octanol–water partition coefficient (Wildman–Crippen LogP) is 0.0328. The van der Waals surface area contributed by atoms with E-state index in [0.717, 1.165) is 6.42 Å². The summed E-state index contributed by atoms with van der Waals surface area (Å²) in [6.45, 7) is 2.38. The van der Waals surface area contributed by atoms with Crippen LogP contribution < -0.4 is 5.73 Å². The SMILES string of the molecule is CCCN(C)S(=O)(=O)c1c(N)ncn1C. The van der Waals surface area contributed by atoms with Gasteiger partial charge in [0, 0.05) is 20.6 Å². The fourth-order valence-electron chi connectivity index (χ4n) is 1.33. The van der Waals surface area contributed by atoms with Crippen LogP contribution in [0.5, 0.6) is 0 Å². The number of aromatic nitrogens is 2. The zero-order valence-electron chi connectivity index (χ0n) is 9.14. The van der Waals surface area contributed by atoms with Crippen LogP contribution in [-0.2, 0) is 17.1 Å². The molecule has 0 saturated heterocycles. The van der Waals surface area contributed by atoms with Crippen LogP contribution in [0.25, 0.3) is 0 Å². The van der Waals surface area contributed by atoms with Crippen molar-refractivity contribution in [3.63, 3.8) is 0 Å². The lowest BCUT2D eigenvalue weighted by Gasteiger charge is -2.16. The van der Waals surface area contributed by atoms with E-state index in [1.54, 1.807) is 7.05 Å². The first-order valence-corrected chi connectivity index (χ1v) is 6.08. The van der Waals surface area contributed by atoms with Crippen molar-refractivity contribution in [3.05, 3.63) is 6.33 Å². The number of nitrogens with two attached hydrogens (primary N) is 1. The van der Waals surface area contributed by atoms with Crippen LogP contribution in [0.15, 0.2) is 11.4 Å². The molecule has 0 saturated carbocycles. The number of aryl methyl sites for hydroxylation is 1. The van der Waals surface area contributed by atoms with E-state index in [1.807, 2.05) is 6.92 Å². The van der Waals surface area contributed by atoms with Crippen LogP contribution >= 0.6 is 0 Å². The summed E-state index contributed by atoms with van der Waals surface area (Å²) in [5.41, 5.74) is 5.52. The molecule has 0 fully saturated rings. The van der Waals surface area contributed by atoms with Crippen molar-refractivity contribution in [2.45, 2.75) is 18.4 Å². The minimum Gasteiger partial charge on any atom is -0.381 e. The predicted molar refractivity (Wildman–Crippen MR) is 57.7 cm³/mol. The molecule has 2 N–H and O–H groups in total. The lowest BCUT2D eigenvalue weighted by molar-refractivity contribution is 0.463. The van der Waals surface area contributed by atoms with Gasteiger partial charge in [0.05, 0.1) is 6.33 Å². The van der Waals surface area contributed by atoms with E-state index in [0.29, 0.717) is 6.54 Å². The average molecular weight is 232 g/mol. The highest BCUT2D eigenvalue weighted by molar-refractivity contribution is 7.89. The Hall–Kier alpha value is -1.08. The molecule has 6 nitrogen and oxygen atoms in total. The molecular weight excluding hydrogens is 216 g/mol. The molecule has 1 rings (SSSR count). The molecule has 15 heavy (non-hydrogen) atoms. The van der Waals surface area contributed by atoms with Gasteiger partial charge in [-0.25, -0.2) is 13.4 Å². The number of nitrogens with zero attached hydrogens (tertiary/aromatic N) is 3. The third kappa shape index (κ3) is 2.13. The standard InChI is InChI=1S/C8H16N4O2S/c1-4-5-12(3)15(13,14)8-7(9)10-6-11(8)2/h6H,4-5,9H2,1-3H3. The van der Waals surface area contributed by atoms with E-state index >= 15 is 0 Å². The van der Waals surface area contributed by atoms with Crippen LogP contribution in [0.2, 0.25) is 0 Å². The van der Waals surface area contributed by atoms with E-state index in [1.165, 1.54) is 22.2 Å². The number of hydrogen-bond acceptors (Lipinski definition) is 4. The largest absolute Gasteiger partial charge is 0.381 e. The Morgan fingerprint density at radius 1 is 1.60 bits per heavy atom. The Bertz CT molecular complexity index is 418. The van der Waals surface area contributed by atoms with Gasteiger partial charge in [-0.1, -0.05) is 6.92 Å². The second-order valence-electron chi connectivity index (χ2n) is 3.37. The van der Waals surface area contributed by atoms with Crippen molar-refractivity contribution in [3.8, 4) is 0 Å². The van der Waals surface area contributed by atoms with E-state index in [-0.39, 0.29) is 10.8 Å². The molecule has 0 unspecified atom stereocenters. The maximum Gasteiger partial charge on any atom is 0.262 e. The van der Waals surface area contributed by atoms with Crippen molar-refractivity contribution in [1.82, 2.24) is 13.9 Å². The summed E-state index contributed by atoms with van der Waals surface area (Å²) in [5.74, 6) is 0.0421. The number of rotatable bonds is 4. The fraction of sp³-hybridized carbons (Fsp3) is 0.625. The zero-order chi connectivity index (χ0) is 11.6. The summed E-state index contributed by atoms with van der Waals surface area (Å²) in [7, 11) is -0.370. The smallest absolute Gasteiger partial charge is 0.262 e. The molecule has 7 heteroatoms. The Labute approximate surface area is 89.8 Å². The van der Waals surface area contributed by atoms with Crippen molar-refractivity contribution in [2.75, 3.05) is 19.3 Å². The topological polar surface area (TPSA) is 81.2 Å². The normalized spacial score (nSPS) is 12.3. The van der Waals surface area contributed by atoms with Crippen LogP contribution in [0.4, 0.5) is 5.82 Å². The molecule has 1 heterocycles. The molecule has 0 aliphatic heterocycles. The lowest BCUT2D eigenvalue weighted by Crippen LogP contribution is -2.29. The molecular formula is C8H16N4O2S. The van der Waals surface area contributed by atoms with Crippen LogP contribution in [0, 0.1) is 0 Å². The van der Waals surface area contributed by atoms with Crippen LogP contribution in [0.3, 0.4) is 0 Å². The number of anilines is 1. The van der Waals surface area contributed by atoms with Gasteiger partial charge in [0.1, 0.15) is 0 Å². The Balaban J connectivity index is 3.17. The van der Waals surface area contributed by atoms with Gasteiger partial charge in [0.15, 0.2) is 10.8 Å². The highest BCUT2D eigenvalue weighted by Gasteiger charge is 2.26. The van der Waals surface area contributed by atoms with Gasteiger partial charge in [-0.15, -0.1) is 0 Å². The molecule has 0 aromatic carbocycles. The maximum absolute atomic E-state index is 12.0. The van der Waals surface area contributed by atoms with Gasteiger partial charge < -0.3 is 10.3 Å². The van der Waals surface area contributed by atoms with Gasteiger partial charge in [-0.3, -0.25) is 0 Å². The quantitative estimate of drug-likeness (QED) is 0.794. The molecule has 0 amide bonds. The number of hydrogen-bond donors (Lipinski definition) is 1. The summed E-state index contributed by atoms with van der Waals surface area (Å²) in [6.07, 6.45) is 2.15. The number of nitrogen functional groups attached to an aromatic ring is 1. The third-order valence-electron chi connectivity index (χ3n) is 2.10. The molecule has 0 atom stereocenters. The average Bonchev–Trinajstić information content (AvgIpc) is 2.46. The first-order valence-electron chi connectivity index (χ1n) is 4.64. The lowest BCUT2D eigenvalue weighted by atomic mass is 10.5. The van der Waals surface area contributed by atoms with Crippen LogP contribution in [0.1, 0.15) is 13.3 Å².